The number of sulfonamides is 1. The van der Waals surface area contributed by atoms with Gasteiger partial charge in [0.15, 0.2) is 0 Å². The van der Waals surface area contributed by atoms with Crippen LogP contribution in [-0.2, 0) is 24.4 Å². The van der Waals surface area contributed by atoms with E-state index in [-0.39, 0.29) is 10.5 Å². The van der Waals surface area contributed by atoms with Gasteiger partial charge in [-0.15, -0.1) is 0 Å². The Morgan fingerprint density at radius 1 is 1.32 bits per heavy atom. The Bertz CT molecular complexity index is 708. The van der Waals surface area contributed by atoms with Crippen molar-refractivity contribution in [3.05, 3.63) is 29.8 Å². The molecule has 1 aromatic rings. The van der Waals surface area contributed by atoms with Crippen molar-refractivity contribution < 1.29 is 27.6 Å². The number of hydrogen-bond donors (Lipinski definition) is 1. The van der Waals surface area contributed by atoms with Crippen molar-refractivity contribution in [3.8, 4) is 0 Å². The largest absolute Gasteiger partial charge is 0.467 e. The number of ether oxygens (including phenoxy) is 1. The molecule has 0 saturated carbocycles. The zero-order valence-electron chi connectivity index (χ0n) is 14.5. The highest BCUT2D eigenvalue weighted by atomic mass is 32.2. The molecule has 1 N–H and O–H groups in total. The van der Waals surface area contributed by atoms with Crippen molar-refractivity contribution in [2.75, 3.05) is 33.3 Å². The quantitative estimate of drug-likeness (QED) is 0.493. The minimum Gasteiger partial charge on any atom is -0.467 e. The van der Waals surface area contributed by atoms with Crippen LogP contribution in [0.25, 0.3) is 0 Å². The van der Waals surface area contributed by atoms with E-state index in [0.717, 1.165) is 0 Å². The first kappa shape index (κ1) is 21.4. The molecule has 140 valence electrons. The van der Waals surface area contributed by atoms with E-state index in [2.05, 4.69) is 10.1 Å². The van der Waals surface area contributed by atoms with Gasteiger partial charge in [-0.3, -0.25) is 9.63 Å². The van der Waals surface area contributed by atoms with E-state index < -0.39 is 27.9 Å². The maximum Gasteiger partial charge on any atom is 0.328 e. The maximum atomic E-state index is 12.4. The summed E-state index contributed by atoms with van der Waals surface area (Å²) in [5.74, 6) is -0.452. The van der Waals surface area contributed by atoms with Crippen LogP contribution in [0.3, 0.4) is 0 Å². The number of rotatable bonds is 9. The monoisotopic (exact) mass is 390 g/mol. The van der Waals surface area contributed by atoms with Crippen LogP contribution < -0.4 is 5.32 Å². The number of hydrogen-bond acceptors (Lipinski definition) is 7. The molecule has 0 radical (unpaired) electrons. The molecular formula is C15H22N2O6S2. The normalized spacial score (nSPS) is 12.7. The third-order valence-corrected chi connectivity index (χ3v) is 5.71. The first-order valence-electron chi connectivity index (χ1n) is 7.28. The van der Waals surface area contributed by atoms with Gasteiger partial charge >= 0.3 is 5.97 Å². The van der Waals surface area contributed by atoms with Gasteiger partial charge in [0.1, 0.15) is 6.04 Å². The molecule has 0 aliphatic rings. The molecule has 1 rings (SSSR count). The molecule has 0 spiro atoms. The molecule has 1 aromatic carbocycles. The third kappa shape index (κ3) is 5.70. The van der Waals surface area contributed by atoms with E-state index in [9.17, 15) is 18.0 Å². The summed E-state index contributed by atoms with van der Waals surface area (Å²) in [6.45, 7) is 0. The number of amides is 1. The number of esters is 1. The average molecular weight is 390 g/mol. The van der Waals surface area contributed by atoms with Gasteiger partial charge in [0.2, 0.25) is 0 Å². The van der Waals surface area contributed by atoms with Crippen molar-refractivity contribution in [2.24, 2.45) is 0 Å². The molecular weight excluding hydrogens is 368 g/mol. The lowest BCUT2D eigenvalue weighted by Crippen LogP contribution is -2.42. The summed E-state index contributed by atoms with van der Waals surface area (Å²) in [5.41, 5.74) is 0.114. The molecule has 1 amide bonds. The second-order valence-electron chi connectivity index (χ2n) is 4.96. The summed E-state index contributed by atoms with van der Waals surface area (Å²) in [4.78, 5) is 28.8. The zero-order valence-corrected chi connectivity index (χ0v) is 16.1. The minimum atomic E-state index is -3.87. The van der Waals surface area contributed by atoms with E-state index in [1.807, 2.05) is 6.26 Å². The van der Waals surface area contributed by atoms with Gasteiger partial charge in [0, 0.05) is 12.6 Å². The molecule has 0 aromatic heterocycles. The van der Waals surface area contributed by atoms with Crippen LogP contribution in [0.1, 0.15) is 16.8 Å². The van der Waals surface area contributed by atoms with E-state index >= 15 is 0 Å². The van der Waals surface area contributed by atoms with Crippen LogP contribution >= 0.6 is 11.8 Å². The van der Waals surface area contributed by atoms with Gasteiger partial charge in [-0.2, -0.15) is 11.8 Å². The number of methoxy groups -OCH3 is 1. The van der Waals surface area contributed by atoms with Crippen molar-refractivity contribution in [3.63, 3.8) is 0 Å². The first-order chi connectivity index (χ1) is 11.8. The SMILES string of the molecule is COC(=O)[C@H](CCSC)NC(=O)c1cccc(S(=O)(=O)N(C)OC)c1. The Kier molecular flexibility index (Phi) is 8.36. The minimum absolute atomic E-state index is 0.0942. The molecule has 0 unspecified atom stereocenters. The Hall–Kier alpha value is -1.62. The number of thioether (sulfide) groups is 1. The first-order valence-corrected chi connectivity index (χ1v) is 10.1. The van der Waals surface area contributed by atoms with Crippen molar-refractivity contribution >= 4 is 33.7 Å². The van der Waals surface area contributed by atoms with Gasteiger partial charge in [0.05, 0.1) is 19.1 Å². The van der Waals surface area contributed by atoms with Gasteiger partial charge in [-0.05, 0) is 36.6 Å². The van der Waals surface area contributed by atoms with Gasteiger partial charge in [0.25, 0.3) is 15.9 Å². The van der Waals surface area contributed by atoms with Crippen molar-refractivity contribution in [2.45, 2.75) is 17.4 Å². The fraction of sp³-hybridized carbons (Fsp3) is 0.467. The fourth-order valence-electron chi connectivity index (χ4n) is 1.91. The number of nitrogens with zero attached hydrogens (tertiary/aromatic N) is 1. The number of nitrogens with one attached hydrogen (secondary N) is 1. The van der Waals surface area contributed by atoms with Crippen LogP contribution in [0.4, 0.5) is 0 Å². The molecule has 1 atom stereocenters. The zero-order chi connectivity index (χ0) is 19.0. The number of benzene rings is 1. The molecule has 8 nitrogen and oxygen atoms in total. The van der Waals surface area contributed by atoms with Crippen LogP contribution in [0, 0.1) is 0 Å². The van der Waals surface area contributed by atoms with E-state index in [4.69, 9.17) is 4.84 Å². The summed E-state index contributed by atoms with van der Waals surface area (Å²) >= 11 is 1.53. The molecule has 0 heterocycles. The lowest BCUT2D eigenvalue weighted by atomic mass is 10.1. The highest BCUT2D eigenvalue weighted by Crippen LogP contribution is 2.16. The highest BCUT2D eigenvalue weighted by molar-refractivity contribution is 7.98. The third-order valence-electron chi connectivity index (χ3n) is 3.39. The van der Waals surface area contributed by atoms with E-state index in [1.165, 1.54) is 57.3 Å². The topological polar surface area (TPSA) is 102 Å². The second kappa shape index (κ2) is 9.76. The van der Waals surface area contributed by atoms with E-state index in [1.54, 1.807) is 0 Å². The molecule has 0 aliphatic carbocycles. The van der Waals surface area contributed by atoms with Gasteiger partial charge < -0.3 is 10.1 Å². The number of hydroxylamine groups is 1. The van der Waals surface area contributed by atoms with E-state index in [0.29, 0.717) is 16.6 Å². The summed E-state index contributed by atoms with van der Waals surface area (Å²) in [5, 5.41) is 2.57. The molecule has 10 heteroatoms. The number of carbonyl (C=O) groups is 2. The fourth-order valence-corrected chi connectivity index (χ4v) is 3.40. The van der Waals surface area contributed by atoms with Crippen LogP contribution in [0.5, 0.6) is 0 Å². The Morgan fingerprint density at radius 2 is 2.00 bits per heavy atom. The van der Waals surface area contributed by atoms with Crippen LogP contribution in [0.15, 0.2) is 29.2 Å². The molecule has 25 heavy (non-hydrogen) atoms. The average Bonchev–Trinajstić information content (AvgIpc) is 2.63. The maximum absolute atomic E-state index is 12.4. The molecule has 0 bridgehead atoms. The Labute approximate surface area is 151 Å². The predicted octanol–water partition coefficient (Wildman–Crippen LogP) is 0.893. The Morgan fingerprint density at radius 3 is 2.56 bits per heavy atom. The lowest BCUT2D eigenvalue weighted by molar-refractivity contribution is -0.142. The van der Waals surface area contributed by atoms with Gasteiger partial charge in [-0.25, -0.2) is 13.2 Å². The second-order valence-corrected chi connectivity index (χ2v) is 7.88. The Balaban J connectivity index is 3.02. The summed E-state index contributed by atoms with van der Waals surface area (Å²) in [6, 6.07) is 4.69. The highest BCUT2D eigenvalue weighted by Gasteiger charge is 2.24. The summed E-state index contributed by atoms with van der Waals surface area (Å²) in [7, 11) is -0.157. The van der Waals surface area contributed by atoms with Crippen LogP contribution in [0.2, 0.25) is 0 Å². The summed E-state index contributed by atoms with van der Waals surface area (Å²) in [6.07, 6.45) is 2.29. The number of carbonyl (C=O) groups excluding carboxylic acids is 2. The lowest BCUT2D eigenvalue weighted by Gasteiger charge is -2.17. The van der Waals surface area contributed by atoms with Crippen molar-refractivity contribution in [1.82, 2.24) is 9.79 Å². The molecule has 0 fully saturated rings. The van der Waals surface area contributed by atoms with Crippen molar-refractivity contribution in [1.29, 1.82) is 0 Å². The molecule has 0 aliphatic heterocycles. The molecule has 0 saturated heterocycles. The smallest absolute Gasteiger partial charge is 0.328 e. The predicted molar refractivity (Wildman–Crippen MR) is 94.7 cm³/mol. The van der Waals surface area contributed by atoms with Gasteiger partial charge in [-0.1, -0.05) is 10.5 Å². The summed E-state index contributed by atoms with van der Waals surface area (Å²) < 4.78 is 29.9. The standard InChI is InChI=1S/C15H22N2O6S2/c1-17(23-3)25(20,21)12-7-5-6-11(10-12)14(18)16-13(8-9-24-4)15(19)22-2/h5-7,10,13H,8-9H2,1-4H3,(H,16,18)/t13-/m0/s1. The van der Waals surface area contributed by atoms with Crippen LogP contribution in [-0.4, -0.2) is 64.1 Å².